The SMILES string of the molecule is CC1(C)O[C@@H]2OC(CO)(CO)[C@H](N=[N+]=[N-])[C@@H]2O1. The minimum atomic E-state index is -1.35. The monoisotopic (exact) mass is 245 g/mol. The average Bonchev–Trinajstić information content (AvgIpc) is 2.71. The molecule has 0 aromatic heterocycles. The van der Waals surface area contributed by atoms with Gasteiger partial charge in [-0.05, 0) is 19.4 Å². The number of hydrogen-bond donors (Lipinski definition) is 2. The van der Waals surface area contributed by atoms with E-state index in [0.29, 0.717) is 0 Å². The lowest BCUT2D eigenvalue weighted by Crippen LogP contribution is -2.49. The van der Waals surface area contributed by atoms with E-state index in [4.69, 9.17) is 19.7 Å². The van der Waals surface area contributed by atoms with Crippen molar-refractivity contribution in [1.82, 2.24) is 0 Å². The summed E-state index contributed by atoms with van der Waals surface area (Å²) in [5, 5.41) is 22.2. The Hall–Kier alpha value is -0.890. The Morgan fingerprint density at radius 1 is 1.24 bits per heavy atom. The molecule has 0 spiro atoms. The van der Waals surface area contributed by atoms with Crippen LogP contribution in [0.1, 0.15) is 13.8 Å². The molecule has 0 aromatic rings. The van der Waals surface area contributed by atoms with Gasteiger partial charge in [-0.15, -0.1) is 0 Å². The fourth-order valence-electron chi connectivity index (χ4n) is 2.20. The van der Waals surface area contributed by atoms with Crippen LogP contribution >= 0.6 is 0 Å². The number of aliphatic hydroxyl groups is 2. The van der Waals surface area contributed by atoms with Crippen LogP contribution in [0.4, 0.5) is 0 Å². The first-order valence-corrected chi connectivity index (χ1v) is 5.27. The molecule has 96 valence electrons. The Balaban J connectivity index is 2.30. The Kier molecular flexibility index (Phi) is 3.03. The average molecular weight is 245 g/mol. The Bertz CT molecular complexity index is 351. The number of rotatable bonds is 3. The first-order valence-electron chi connectivity index (χ1n) is 5.27. The molecule has 2 rings (SSSR count). The summed E-state index contributed by atoms with van der Waals surface area (Å²) in [7, 11) is 0. The van der Waals surface area contributed by atoms with Crippen molar-refractivity contribution < 1.29 is 24.4 Å². The van der Waals surface area contributed by atoms with Crippen LogP contribution in [-0.4, -0.2) is 53.3 Å². The molecule has 2 saturated heterocycles. The number of hydrogen-bond acceptors (Lipinski definition) is 6. The molecule has 0 radical (unpaired) electrons. The molecule has 0 bridgehead atoms. The number of aliphatic hydroxyl groups excluding tert-OH is 2. The first kappa shape index (κ1) is 12.6. The zero-order valence-electron chi connectivity index (χ0n) is 9.61. The summed E-state index contributed by atoms with van der Waals surface area (Å²) in [6.45, 7) is 2.46. The molecule has 0 unspecified atom stereocenters. The maximum absolute atomic E-state index is 9.32. The summed E-state index contributed by atoms with van der Waals surface area (Å²) < 4.78 is 16.5. The second kappa shape index (κ2) is 4.09. The molecule has 2 N–H and O–H groups in total. The quantitative estimate of drug-likeness (QED) is 0.409. The van der Waals surface area contributed by atoms with Crippen LogP contribution in [0.25, 0.3) is 10.4 Å². The maximum Gasteiger partial charge on any atom is 0.188 e. The molecule has 2 heterocycles. The first-order chi connectivity index (χ1) is 7.98. The van der Waals surface area contributed by atoms with Gasteiger partial charge in [0.05, 0.1) is 13.2 Å². The molecule has 0 aromatic carbocycles. The molecule has 2 aliphatic heterocycles. The van der Waals surface area contributed by atoms with Crippen molar-refractivity contribution >= 4 is 0 Å². The summed E-state index contributed by atoms with van der Waals surface area (Å²) in [5.41, 5.74) is 7.19. The second-order valence-corrected chi connectivity index (χ2v) is 4.62. The van der Waals surface area contributed by atoms with Crippen molar-refractivity contribution in [2.24, 2.45) is 5.11 Å². The van der Waals surface area contributed by atoms with Gasteiger partial charge in [-0.3, -0.25) is 0 Å². The second-order valence-electron chi connectivity index (χ2n) is 4.62. The largest absolute Gasteiger partial charge is 0.393 e. The molecule has 2 aliphatic rings. The van der Waals surface area contributed by atoms with Crippen LogP contribution < -0.4 is 0 Å². The van der Waals surface area contributed by atoms with Crippen molar-refractivity contribution in [3.63, 3.8) is 0 Å². The highest BCUT2D eigenvalue weighted by Gasteiger charge is 2.61. The van der Waals surface area contributed by atoms with E-state index in [0.717, 1.165) is 0 Å². The molecular weight excluding hydrogens is 230 g/mol. The maximum atomic E-state index is 9.32. The highest BCUT2D eigenvalue weighted by atomic mass is 16.8. The number of nitrogens with zero attached hydrogens (tertiary/aromatic N) is 3. The van der Waals surface area contributed by atoms with E-state index >= 15 is 0 Å². The lowest BCUT2D eigenvalue weighted by Gasteiger charge is -2.31. The van der Waals surface area contributed by atoms with Gasteiger partial charge >= 0.3 is 0 Å². The van der Waals surface area contributed by atoms with Gasteiger partial charge in [-0.25, -0.2) is 0 Å². The predicted molar refractivity (Wildman–Crippen MR) is 54.7 cm³/mol. The summed E-state index contributed by atoms with van der Waals surface area (Å²) in [4.78, 5) is 2.70. The normalized spacial score (nSPS) is 37.5. The van der Waals surface area contributed by atoms with E-state index in [1.54, 1.807) is 13.8 Å². The van der Waals surface area contributed by atoms with Gasteiger partial charge < -0.3 is 24.4 Å². The Labute approximate surface area is 97.7 Å². The van der Waals surface area contributed by atoms with Gasteiger partial charge in [0, 0.05) is 4.91 Å². The highest BCUT2D eigenvalue weighted by Crippen LogP contribution is 2.43. The molecule has 0 amide bonds. The topological polar surface area (TPSA) is 117 Å². The molecule has 2 fully saturated rings. The summed E-state index contributed by atoms with van der Waals surface area (Å²) >= 11 is 0. The van der Waals surface area contributed by atoms with E-state index < -0.39 is 43.0 Å². The van der Waals surface area contributed by atoms with E-state index in [2.05, 4.69) is 10.0 Å². The summed E-state index contributed by atoms with van der Waals surface area (Å²) in [5.74, 6) is -0.838. The lowest BCUT2D eigenvalue weighted by atomic mass is 9.95. The third-order valence-corrected chi connectivity index (χ3v) is 3.00. The van der Waals surface area contributed by atoms with E-state index in [-0.39, 0.29) is 0 Å². The zero-order chi connectivity index (χ0) is 12.7. The predicted octanol–water partition coefficient (Wildman–Crippen LogP) is -0.104. The van der Waals surface area contributed by atoms with E-state index in [1.807, 2.05) is 0 Å². The standard InChI is InChI=1S/C9H15N3O5/c1-8(2)15-5-6(11-12-10)9(3-13,4-14)17-7(5)16-8/h5-7,13-14H,3-4H2,1-2H3/t5-,6+,7+/m0/s1. The Morgan fingerprint density at radius 3 is 2.41 bits per heavy atom. The van der Waals surface area contributed by atoms with E-state index in [9.17, 15) is 10.2 Å². The third kappa shape index (κ3) is 1.89. The minimum Gasteiger partial charge on any atom is -0.393 e. The number of azide groups is 1. The molecular formula is C9H15N3O5. The van der Waals surface area contributed by atoms with Gasteiger partial charge in [0.2, 0.25) is 0 Å². The van der Waals surface area contributed by atoms with Gasteiger partial charge in [0.25, 0.3) is 0 Å². The van der Waals surface area contributed by atoms with Crippen LogP contribution in [0.3, 0.4) is 0 Å². The molecule has 8 nitrogen and oxygen atoms in total. The summed E-state index contributed by atoms with van der Waals surface area (Å²) in [6.07, 6.45) is -1.38. The van der Waals surface area contributed by atoms with Crippen LogP contribution in [0.15, 0.2) is 5.11 Å². The van der Waals surface area contributed by atoms with Crippen LogP contribution in [0.5, 0.6) is 0 Å². The highest BCUT2D eigenvalue weighted by molar-refractivity contribution is 5.07. The summed E-state index contributed by atoms with van der Waals surface area (Å²) in [6, 6.07) is -0.825. The van der Waals surface area contributed by atoms with E-state index in [1.165, 1.54) is 0 Å². The van der Waals surface area contributed by atoms with Gasteiger partial charge in [0.15, 0.2) is 12.1 Å². The molecule has 17 heavy (non-hydrogen) atoms. The van der Waals surface area contributed by atoms with Crippen molar-refractivity contribution in [3.05, 3.63) is 10.4 Å². The van der Waals surface area contributed by atoms with Crippen LogP contribution in [-0.2, 0) is 14.2 Å². The smallest absolute Gasteiger partial charge is 0.188 e. The Morgan fingerprint density at radius 2 is 1.88 bits per heavy atom. The lowest BCUT2D eigenvalue weighted by molar-refractivity contribution is -0.239. The van der Waals surface area contributed by atoms with Crippen LogP contribution in [0.2, 0.25) is 0 Å². The van der Waals surface area contributed by atoms with Crippen molar-refractivity contribution in [1.29, 1.82) is 0 Å². The van der Waals surface area contributed by atoms with Gasteiger partial charge in [-0.2, -0.15) is 0 Å². The number of ether oxygens (including phenoxy) is 3. The fraction of sp³-hybridized carbons (Fsp3) is 1.00. The molecule has 0 saturated carbocycles. The number of fused-ring (bicyclic) bond motifs is 1. The van der Waals surface area contributed by atoms with Gasteiger partial charge in [-0.1, -0.05) is 5.11 Å². The minimum absolute atomic E-state index is 0.479. The fourth-order valence-corrected chi connectivity index (χ4v) is 2.20. The van der Waals surface area contributed by atoms with Crippen LogP contribution in [0, 0.1) is 0 Å². The van der Waals surface area contributed by atoms with Crippen molar-refractivity contribution in [2.75, 3.05) is 13.2 Å². The third-order valence-electron chi connectivity index (χ3n) is 3.00. The molecule has 0 aliphatic carbocycles. The van der Waals surface area contributed by atoms with Crippen molar-refractivity contribution in [3.8, 4) is 0 Å². The molecule has 8 heteroatoms. The van der Waals surface area contributed by atoms with Crippen molar-refractivity contribution in [2.45, 2.75) is 43.7 Å². The van der Waals surface area contributed by atoms with Gasteiger partial charge in [0.1, 0.15) is 17.7 Å². The molecule has 3 atom stereocenters. The zero-order valence-corrected chi connectivity index (χ0v) is 9.61.